The lowest BCUT2D eigenvalue weighted by Gasteiger charge is -2.43. The summed E-state index contributed by atoms with van der Waals surface area (Å²) < 4.78 is 30.0. The van der Waals surface area contributed by atoms with Crippen LogP contribution in [0.4, 0.5) is 0 Å². The second-order valence-corrected chi connectivity index (χ2v) is 21.1. The van der Waals surface area contributed by atoms with Crippen LogP contribution in [0, 0.1) is 59.2 Å². The van der Waals surface area contributed by atoms with Crippen molar-refractivity contribution < 1.29 is 53.1 Å². The summed E-state index contributed by atoms with van der Waals surface area (Å²) in [6, 6.07) is 0. The molecular weight excluding hydrogens is 825 g/mol. The van der Waals surface area contributed by atoms with Gasteiger partial charge in [0.2, 0.25) is 11.6 Å². The van der Waals surface area contributed by atoms with E-state index in [1.165, 1.54) is 7.11 Å². The van der Waals surface area contributed by atoms with Crippen molar-refractivity contribution in [2.75, 3.05) is 21.3 Å². The summed E-state index contributed by atoms with van der Waals surface area (Å²) >= 11 is 0. The maximum Gasteiger partial charge on any atom is 0.309 e. The Morgan fingerprint density at radius 2 is 1.52 bits per heavy atom. The summed E-state index contributed by atoms with van der Waals surface area (Å²) in [6.45, 7) is 22.2. The lowest BCUT2D eigenvalue weighted by Crippen LogP contribution is -2.54. The van der Waals surface area contributed by atoms with Gasteiger partial charge in [0.05, 0.1) is 30.3 Å². The van der Waals surface area contributed by atoms with E-state index in [4.69, 9.17) is 23.7 Å². The fraction of sp³-hybridized carbons (Fsp3) is 0.852. The summed E-state index contributed by atoms with van der Waals surface area (Å²) in [5, 5.41) is 23.4. The van der Waals surface area contributed by atoms with E-state index in [1.54, 1.807) is 14.2 Å². The molecule has 17 unspecified atom stereocenters. The summed E-state index contributed by atoms with van der Waals surface area (Å²) in [7, 11) is 4.88. The first-order valence-corrected chi connectivity index (χ1v) is 25.6. The number of rotatable bonds is 28. The third-order valence-corrected chi connectivity index (χ3v) is 15.7. The van der Waals surface area contributed by atoms with Crippen LogP contribution in [0.5, 0.6) is 0 Å². The van der Waals surface area contributed by atoms with E-state index in [0.717, 1.165) is 57.8 Å². The number of ether oxygens (including phenoxy) is 5. The minimum absolute atomic E-state index is 0.00772. The number of esters is 1. The molecule has 11 nitrogen and oxygen atoms in total. The molecule has 1 heterocycles. The predicted molar refractivity (Wildman–Crippen MR) is 256 cm³/mol. The van der Waals surface area contributed by atoms with Crippen molar-refractivity contribution in [2.45, 2.75) is 214 Å². The molecule has 0 aromatic heterocycles. The molecule has 17 atom stereocenters. The Bertz CT molecular complexity index is 1530. The number of ketones is 3. The van der Waals surface area contributed by atoms with Gasteiger partial charge in [-0.05, 0) is 119 Å². The first-order valence-electron chi connectivity index (χ1n) is 25.6. The minimum atomic E-state index is -2.08. The molecular formula is C54H92O11. The number of Topliss-reactive ketones (excluding diaryl/α,β-unsaturated/α-hetero) is 3. The summed E-state index contributed by atoms with van der Waals surface area (Å²) in [6.07, 6.45) is 13.0. The van der Waals surface area contributed by atoms with Gasteiger partial charge in [-0.25, -0.2) is 0 Å². The molecule has 374 valence electrons. The number of aliphatic hydroxyl groups excluding tert-OH is 1. The van der Waals surface area contributed by atoms with E-state index >= 15 is 0 Å². The van der Waals surface area contributed by atoms with Crippen molar-refractivity contribution in [3.05, 3.63) is 24.3 Å². The van der Waals surface area contributed by atoms with E-state index in [9.17, 15) is 29.4 Å². The second-order valence-electron chi connectivity index (χ2n) is 21.1. The van der Waals surface area contributed by atoms with E-state index in [2.05, 4.69) is 46.4 Å². The largest absolute Gasteiger partial charge is 0.461 e. The Morgan fingerprint density at radius 1 is 0.846 bits per heavy atom. The van der Waals surface area contributed by atoms with Crippen LogP contribution in [0.1, 0.15) is 171 Å². The number of carbonyl (C=O) groups is 4. The SMILES string of the molecule is C=C(C(=O)C1(O)OC(CC(CC(C)C=CCC)OC)CCC1C)C1CCCCC1C(=O)OC(CC(=O)C(C)CC(C)C(O)C(OC)C(=O)C(C)CCC)C(C)CC1CCC(C)C(OC)C1. The van der Waals surface area contributed by atoms with Gasteiger partial charge in [0, 0.05) is 51.4 Å². The van der Waals surface area contributed by atoms with Crippen LogP contribution < -0.4 is 0 Å². The van der Waals surface area contributed by atoms with Crippen LogP contribution >= 0.6 is 0 Å². The highest BCUT2D eigenvalue weighted by molar-refractivity contribution is 6.01. The highest BCUT2D eigenvalue weighted by Crippen LogP contribution is 2.43. The molecule has 2 N–H and O–H groups in total. The average Bonchev–Trinajstić information content (AvgIpc) is 3.28. The van der Waals surface area contributed by atoms with E-state index in [0.29, 0.717) is 62.7 Å². The molecule has 3 rings (SSSR count). The lowest BCUT2D eigenvalue weighted by molar-refractivity contribution is -0.265. The van der Waals surface area contributed by atoms with Crippen molar-refractivity contribution in [1.82, 2.24) is 0 Å². The number of hydrogen-bond acceptors (Lipinski definition) is 11. The van der Waals surface area contributed by atoms with Crippen molar-refractivity contribution in [3.63, 3.8) is 0 Å². The zero-order chi connectivity index (χ0) is 48.6. The van der Waals surface area contributed by atoms with Crippen molar-refractivity contribution in [1.29, 1.82) is 0 Å². The van der Waals surface area contributed by atoms with E-state index < -0.39 is 65.4 Å². The fourth-order valence-corrected chi connectivity index (χ4v) is 11.2. The smallest absolute Gasteiger partial charge is 0.309 e. The molecule has 0 aromatic carbocycles. The number of hydrogen-bond donors (Lipinski definition) is 2. The molecule has 0 aromatic rings. The molecule has 3 fully saturated rings. The third kappa shape index (κ3) is 16.2. The van der Waals surface area contributed by atoms with Crippen molar-refractivity contribution in [3.8, 4) is 0 Å². The van der Waals surface area contributed by atoms with Gasteiger partial charge in [0.1, 0.15) is 18.0 Å². The fourth-order valence-electron chi connectivity index (χ4n) is 11.2. The summed E-state index contributed by atoms with van der Waals surface area (Å²) in [5.41, 5.74) is 0.184. The van der Waals surface area contributed by atoms with Gasteiger partial charge in [-0.2, -0.15) is 0 Å². The Hall–Kier alpha value is -2.28. The molecule has 1 saturated heterocycles. The highest BCUT2D eigenvalue weighted by atomic mass is 16.6. The lowest BCUT2D eigenvalue weighted by atomic mass is 9.72. The minimum Gasteiger partial charge on any atom is -0.461 e. The molecule has 3 aliphatic rings. The van der Waals surface area contributed by atoms with Gasteiger partial charge in [-0.1, -0.05) is 100 Å². The summed E-state index contributed by atoms with van der Waals surface area (Å²) in [5.74, 6) is -5.19. The third-order valence-electron chi connectivity index (χ3n) is 15.7. The summed E-state index contributed by atoms with van der Waals surface area (Å²) in [4.78, 5) is 56.4. The van der Waals surface area contributed by atoms with Crippen molar-refractivity contribution in [2.24, 2.45) is 59.2 Å². The molecule has 1 aliphatic heterocycles. The maximum absolute atomic E-state index is 14.6. The standard InChI is InChI=1S/C54H92O11/c1-14-16-20-33(3)27-43(61-11)31-42-26-24-39(9)54(60,65-42)52(58)40(10)44-21-17-18-22-45(44)53(59)64-48(37(7)29-41-25-23-34(4)47(30-41)62-12)32-46(55)36(6)28-38(8)50(57)51(63-13)49(56)35(5)19-15-2/h16,20,33-39,41-45,47-48,50-51,57,60H,10,14-15,17-19,21-32H2,1-9,11-13H3. The van der Waals surface area contributed by atoms with Gasteiger partial charge in [0.15, 0.2) is 5.78 Å². The average molecular weight is 917 g/mol. The maximum atomic E-state index is 14.6. The Balaban J connectivity index is 1.81. The quantitative estimate of drug-likeness (QED) is 0.0438. The molecule has 2 aliphatic carbocycles. The van der Waals surface area contributed by atoms with Crippen LogP contribution in [0.3, 0.4) is 0 Å². The number of carbonyl (C=O) groups excluding carboxylic acids is 4. The molecule has 0 bridgehead atoms. The number of aliphatic hydroxyl groups is 2. The second kappa shape index (κ2) is 27.6. The van der Waals surface area contributed by atoms with Crippen LogP contribution in [0.25, 0.3) is 0 Å². The zero-order valence-electron chi connectivity index (χ0n) is 42.7. The molecule has 0 amide bonds. The Labute approximate surface area is 393 Å². The normalized spacial score (nSPS) is 30.6. The molecule has 11 heteroatoms. The Morgan fingerprint density at radius 3 is 2.14 bits per heavy atom. The van der Waals surface area contributed by atoms with E-state index in [-0.39, 0.29) is 53.7 Å². The monoisotopic (exact) mass is 917 g/mol. The Kier molecular flexibility index (Phi) is 24.3. The van der Waals surface area contributed by atoms with Crippen LogP contribution in [0.15, 0.2) is 24.3 Å². The van der Waals surface area contributed by atoms with Crippen LogP contribution in [-0.4, -0.2) is 97.3 Å². The van der Waals surface area contributed by atoms with Crippen LogP contribution in [0.2, 0.25) is 0 Å². The number of methoxy groups -OCH3 is 3. The van der Waals surface area contributed by atoms with Gasteiger partial charge in [0.25, 0.3) is 0 Å². The van der Waals surface area contributed by atoms with Gasteiger partial charge >= 0.3 is 5.97 Å². The highest BCUT2D eigenvalue weighted by Gasteiger charge is 2.51. The van der Waals surface area contributed by atoms with Crippen molar-refractivity contribution >= 4 is 23.3 Å². The topological polar surface area (TPSA) is 155 Å². The predicted octanol–water partition coefficient (Wildman–Crippen LogP) is 10.2. The molecule has 2 saturated carbocycles. The van der Waals surface area contributed by atoms with Gasteiger partial charge in [-0.15, -0.1) is 0 Å². The zero-order valence-corrected chi connectivity index (χ0v) is 42.7. The molecule has 65 heavy (non-hydrogen) atoms. The first-order chi connectivity index (χ1) is 30.8. The van der Waals surface area contributed by atoms with E-state index in [1.807, 2.05) is 34.6 Å². The first kappa shape index (κ1) is 57.0. The molecule has 0 radical (unpaired) electrons. The van der Waals surface area contributed by atoms with Gasteiger partial charge in [-0.3, -0.25) is 19.2 Å². The number of allylic oxidation sites excluding steroid dienone is 2. The van der Waals surface area contributed by atoms with Gasteiger partial charge < -0.3 is 33.9 Å². The van der Waals surface area contributed by atoms with Crippen LogP contribution in [-0.2, 0) is 42.9 Å². The molecule has 0 spiro atoms.